The van der Waals surface area contributed by atoms with E-state index in [9.17, 15) is 14.4 Å². The lowest BCUT2D eigenvalue weighted by Gasteiger charge is -2.41. The normalized spacial score (nSPS) is 21.6. The number of nitrogens with zero attached hydrogens (tertiary/aromatic N) is 2. The Hall–Kier alpha value is -3.07. The predicted octanol–water partition coefficient (Wildman–Crippen LogP) is 4.57. The first-order chi connectivity index (χ1) is 13.5. The minimum atomic E-state index is -0.609. The zero-order valence-electron chi connectivity index (χ0n) is 15.9. The molecule has 28 heavy (non-hydrogen) atoms. The monoisotopic (exact) mass is 381 g/mol. The molecule has 1 N–H and O–H groups in total. The maximum atomic E-state index is 13.3. The summed E-state index contributed by atoms with van der Waals surface area (Å²) in [6.07, 6.45) is 0.712. The van der Waals surface area contributed by atoms with E-state index in [-0.39, 0.29) is 24.6 Å². The number of carbonyl (C=O) groups excluding carboxylic acids is 1. The van der Waals surface area contributed by atoms with Crippen molar-refractivity contribution in [3.05, 3.63) is 66.0 Å². The smallest absolute Gasteiger partial charge is 0.410 e. The number of hydrogen-bond donors (Lipinski definition) is 1. The van der Waals surface area contributed by atoms with Gasteiger partial charge in [0.15, 0.2) is 0 Å². The van der Waals surface area contributed by atoms with Gasteiger partial charge in [0.2, 0.25) is 0 Å². The molecule has 1 heterocycles. The molecule has 146 valence electrons. The lowest BCUT2D eigenvalue weighted by atomic mass is 9.76. The summed E-state index contributed by atoms with van der Waals surface area (Å²) in [5.41, 5.74) is 0.972. The SMILES string of the molecule is CC1CC(C#N)(CNc2cccc(F)c2)CCN1C(=O)OCc1ccccc1. The van der Waals surface area contributed by atoms with Crippen molar-refractivity contribution in [1.82, 2.24) is 4.90 Å². The molecule has 1 saturated heterocycles. The van der Waals surface area contributed by atoms with E-state index in [0.29, 0.717) is 31.6 Å². The highest BCUT2D eigenvalue weighted by Crippen LogP contribution is 2.35. The predicted molar refractivity (Wildman–Crippen MR) is 105 cm³/mol. The molecule has 5 nitrogen and oxygen atoms in total. The van der Waals surface area contributed by atoms with E-state index >= 15 is 0 Å². The number of halogens is 1. The Labute approximate surface area is 164 Å². The van der Waals surface area contributed by atoms with E-state index in [4.69, 9.17) is 4.74 Å². The summed E-state index contributed by atoms with van der Waals surface area (Å²) < 4.78 is 18.8. The molecular weight excluding hydrogens is 357 g/mol. The second-order valence-electron chi connectivity index (χ2n) is 7.29. The zero-order chi connectivity index (χ0) is 20.0. The highest BCUT2D eigenvalue weighted by molar-refractivity contribution is 5.68. The standard InChI is InChI=1S/C22H24FN3O2/c1-17-13-22(15-24,16-25-20-9-5-8-19(23)12-20)10-11-26(17)21(27)28-14-18-6-3-2-4-7-18/h2-9,12,17,25H,10-11,13-14,16H2,1H3. The molecule has 6 heteroatoms. The van der Waals surface area contributed by atoms with E-state index in [2.05, 4.69) is 11.4 Å². The fourth-order valence-corrected chi connectivity index (χ4v) is 3.58. The van der Waals surface area contributed by atoms with E-state index in [0.717, 1.165) is 5.56 Å². The molecular formula is C22H24FN3O2. The molecule has 0 aliphatic carbocycles. The summed E-state index contributed by atoms with van der Waals surface area (Å²) in [6, 6.07) is 18.0. The van der Waals surface area contributed by atoms with Gasteiger partial charge >= 0.3 is 6.09 Å². The summed E-state index contributed by atoms with van der Waals surface area (Å²) >= 11 is 0. The maximum absolute atomic E-state index is 13.3. The fraction of sp³-hybridized carbons (Fsp3) is 0.364. The van der Waals surface area contributed by atoms with Crippen molar-refractivity contribution in [2.75, 3.05) is 18.4 Å². The Morgan fingerprint density at radius 3 is 2.79 bits per heavy atom. The molecule has 1 aliphatic rings. The Morgan fingerprint density at radius 2 is 2.11 bits per heavy atom. The second-order valence-corrected chi connectivity index (χ2v) is 7.29. The average molecular weight is 381 g/mol. The van der Waals surface area contributed by atoms with Gasteiger partial charge in [-0.25, -0.2) is 9.18 Å². The van der Waals surface area contributed by atoms with E-state index in [1.807, 2.05) is 37.3 Å². The molecule has 2 aromatic carbocycles. The Balaban J connectivity index is 1.56. The molecule has 0 bridgehead atoms. The Morgan fingerprint density at radius 1 is 1.32 bits per heavy atom. The molecule has 2 atom stereocenters. The van der Waals surface area contributed by atoms with Crippen LogP contribution < -0.4 is 5.32 Å². The first kappa shape index (κ1) is 19.7. The molecule has 2 aromatic rings. The minimum Gasteiger partial charge on any atom is -0.445 e. The zero-order valence-corrected chi connectivity index (χ0v) is 15.9. The molecule has 1 aliphatic heterocycles. The van der Waals surface area contributed by atoms with Crippen LogP contribution in [0.2, 0.25) is 0 Å². The van der Waals surface area contributed by atoms with Crippen LogP contribution in [0.25, 0.3) is 0 Å². The summed E-state index contributed by atoms with van der Waals surface area (Å²) in [4.78, 5) is 14.1. The van der Waals surface area contributed by atoms with Gasteiger partial charge in [0, 0.05) is 24.8 Å². The highest BCUT2D eigenvalue weighted by Gasteiger charge is 2.40. The van der Waals surface area contributed by atoms with Crippen LogP contribution in [-0.4, -0.2) is 30.1 Å². The molecule has 0 saturated carbocycles. The number of likely N-dealkylation sites (tertiary alicyclic amines) is 1. The molecule has 1 amide bonds. The van der Waals surface area contributed by atoms with Crippen LogP contribution in [0, 0.1) is 22.6 Å². The number of amides is 1. The lowest BCUT2D eigenvalue weighted by Crippen LogP contribution is -2.50. The third-order valence-electron chi connectivity index (χ3n) is 5.18. The summed E-state index contributed by atoms with van der Waals surface area (Å²) in [5.74, 6) is -0.319. The third-order valence-corrected chi connectivity index (χ3v) is 5.18. The number of piperidine rings is 1. The van der Waals surface area contributed by atoms with Crippen molar-refractivity contribution in [1.29, 1.82) is 5.26 Å². The van der Waals surface area contributed by atoms with Crippen LogP contribution in [0.3, 0.4) is 0 Å². The molecule has 1 fully saturated rings. The van der Waals surface area contributed by atoms with Gasteiger partial charge in [-0.3, -0.25) is 0 Å². The van der Waals surface area contributed by atoms with Crippen molar-refractivity contribution in [3.8, 4) is 6.07 Å². The van der Waals surface area contributed by atoms with Gasteiger partial charge < -0.3 is 15.0 Å². The van der Waals surface area contributed by atoms with Gasteiger partial charge in [-0.2, -0.15) is 5.26 Å². The van der Waals surface area contributed by atoms with Crippen LogP contribution in [0.15, 0.2) is 54.6 Å². The number of hydrogen-bond acceptors (Lipinski definition) is 4. The number of nitriles is 1. The van der Waals surface area contributed by atoms with Gasteiger partial charge in [0.05, 0.1) is 11.5 Å². The van der Waals surface area contributed by atoms with E-state index in [1.165, 1.54) is 12.1 Å². The lowest BCUT2D eigenvalue weighted by molar-refractivity contribution is 0.0523. The summed E-state index contributed by atoms with van der Waals surface area (Å²) in [6.45, 7) is 3.02. The number of rotatable bonds is 5. The Bertz CT molecular complexity index is 852. The number of anilines is 1. The van der Waals surface area contributed by atoms with Gasteiger partial charge in [-0.15, -0.1) is 0 Å². The van der Waals surface area contributed by atoms with Crippen LogP contribution in [-0.2, 0) is 11.3 Å². The largest absolute Gasteiger partial charge is 0.445 e. The van der Waals surface area contributed by atoms with E-state index in [1.54, 1.807) is 17.0 Å². The molecule has 0 radical (unpaired) electrons. The van der Waals surface area contributed by atoms with Crippen LogP contribution >= 0.6 is 0 Å². The number of ether oxygens (including phenoxy) is 1. The van der Waals surface area contributed by atoms with Crippen molar-refractivity contribution in [2.45, 2.75) is 32.4 Å². The van der Waals surface area contributed by atoms with Gasteiger partial charge in [-0.1, -0.05) is 36.4 Å². The first-order valence-corrected chi connectivity index (χ1v) is 9.39. The molecule has 3 rings (SSSR count). The second kappa shape index (κ2) is 8.75. The summed E-state index contributed by atoms with van der Waals surface area (Å²) in [5, 5.41) is 12.9. The topological polar surface area (TPSA) is 65.4 Å². The van der Waals surface area contributed by atoms with Crippen molar-refractivity contribution >= 4 is 11.8 Å². The fourth-order valence-electron chi connectivity index (χ4n) is 3.58. The van der Waals surface area contributed by atoms with Gasteiger partial charge in [0.1, 0.15) is 12.4 Å². The quantitative estimate of drug-likeness (QED) is 0.824. The van der Waals surface area contributed by atoms with Gasteiger partial charge in [-0.05, 0) is 43.5 Å². The number of benzene rings is 2. The van der Waals surface area contributed by atoms with Crippen molar-refractivity contribution in [3.63, 3.8) is 0 Å². The van der Waals surface area contributed by atoms with Crippen LogP contribution in [0.1, 0.15) is 25.3 Å². The maximum Gasteiger partial charge on any atom is 0.410 e. The Kier molecular flexibility index (Phi) is 6.15. The summed E-state index contributed by atoms with van der Waals surface area (Å²) in [7, 11) is 0. The van der Waals surface area contributed by atoms with Crippen molar-refractivity contribution < 1.29 is 13.9 Å². The van der Waals surface area contributed by atoms with Gasteiger partial charge in [0.25, 0.3) is 0 Å². The average Bonchev–Trinajstić information content (AvgIpc) is 2.71. The van der Waals surface area contributed by atoms with E-state index < -0.39 is 5.41 Å². The first-order valence-electron chi connectivity index (χ1n) is 9.39. The van der Waals surface area contributed by atoms with Crippen LogP contribution in [0.5, 0.6) is 0 Å². The highest BCUT2D eigenvalue weighted by atomic mass is 19.1. The minimum absolute atomic E-state index is 0.119. The molecule has 0 spiro atoms. The molecule has 2 unspecified atom stereocenters. The number of carbonyl (C=O) groups is 1. The molecule has 0 aromatic heterocycles. The van der Waals surface area contributed by atoms with Crippen LogP contribution in [0.4, 0.5) is 14.9 Å². The number of nitrogens with one attached hydrogen (secondary N) is 1. The third kappa shape index (κ3) is 4.80. The van der Waals surface area contributed by atoms with Crippen molar-refractivity contribution in [2.24, 2.45) is 5.41 Å².